The molecule has 1 atom stereocenters. The summed E-state index contributed by atoms with van der Waals surface area (Å²) in [6, 6.07) is 23.4. The van der Waals surface area contributed by atoms with Crippen molar-refractivity contribution >= 4 is 64.1 Å². The maximum Gasteiger partial charge on any atom is 0.341 e. The van der Waals surface area contributed by atoms with Gasteiger partial charge in [0.1, 0.15) is 0 Å². The molecular formula is C29H16Cl3NO5. The van der Waals surface area contributed by atoms with Crippen molar-refractivity contribution < 1.29 is 23.9 Å². The van der Waals surface area contributed by atoms with E-state index in [1.807, 2.05) is 0 Å². The number of hydrogen-bond acceptors (Lipinski definition) is 5. The summed E-state index contributed by atoms with van der Waals surface area (Å²) in [5, 5.41) is 0.687. The quantitative estimate of drug-likeness (QED) is 0.140. The SMILES string of the molecule is O=C(O[C@@H](C(=O)c1ccc(Cl)cc1)c1ccccc1)c1ccccc1N1C(=O)c2cc(Cl)c(Cl)cc2C1=O. The molecule has 2 amide bonds. The third-order valence-corrected chi connectivity index (χ3v) is 6.96. The number of nitrogens with zero attached hydrogens (tertiary/aromatic N) is 1. The highest BCUT2D eigenvalue weighted by Gasteiger charge is 2.39. The zero-order valence-electron chi connectivity index (χ0n) is 19.4. The molecule has 0 saturated carbocycles. The van der Waals surface area contributed by atoms with Gasteiger partial charge in [-0.25, -0.2) is 9.69 Å². The summed E-state index contributed by atoms with van der Waals surface area (Å²) in [6.45, 7) is 0. The minimum absolute atomic E-state index is 0.00157. The van der Waals surface area contributed by atoms with Crippen molar-refractivity contribution in [1.29, 1.82) is 0 Å². The number of carbonyl (C=O) groups excluding carboxylic acids is 4. The van der Waals surface area contributed by atoms with Gasteiger partial charge in [0.2, 0.25) is 5.78 Å². The number of carbonyl (C=O) groups is 4. The molecule has 4 aromatic rings. The Morgan fingerprint density at radius 3 is 1.87 bits per heavy atom. The Kier molecular flexibility index (Phi) is 7.04. The second kappa shape index (κ2) is 10.4. The maximum absolute atomic E-state index is 13.5. The van der Waals surface area contributed by atoms with Crippen molar-refractivity contribution in [3.8, 4) is 0 Å². The standard InChI is InChI=1S/C29H16Cl3NO5/c30-18-12-10-16(11-13-18)25(34)26(17-6-2-1-3-7-17)38-29(37)19-8-4-5-9-24(19)33-27(35)20-14-22(31)23(32)15-21(20)28(33)36/h1-15,26H/t26-/m1/s1. The second-order valence-electron chi connectivity index (χ2n) is 8.34. The van der Waals surface area contributed by atoms with E-state index < -0.39 is 29.7 Å². The normalized spacial score (nSPS) is 13.3. The number of halogens is 3. The van der Waals surface area contributed by atoms with Crippen LogP contribution in [-0.4, -0.2) is 23.6 Å². The number of benzene rings is 4. The Morgan fingerprint density at radius 1 is 0.711 bits per heavy atom. The summed E-state index contributed by atoms with van der Waals surface area (Å²) in [7, 11) is 0. The molecule has 0 aliphatic carbocycles. The molecule has 0 bridgehead atoms. The Hall–Kier alpha value is -3.97. The van der Waals surface area contributed by atoms with E-state index in [1.165, 1.54) is 36.4 Å². The number of anilines is 1. The fourth-order valence-electron chi connectivity index (χ4n) is 4.13. The first-order valence-corrected chi connectivity index (χ1v) is 12.4. The fraction of sp³-hybridized carbons (Fsp3) is 0.0345. The van der Waals surface area contributed by atoms with E-state index in [-0.39, 0.29) is 32.4 Å². The number of fused-ring (bicyclic) bond motifs is 1. The van der Waals surface area contributed by atoms with Gasteiger partial charge >= 0.3 is 5.97 Å². The molecule has 1 aliphatic rings. The number of Topliss-reactive ketones (excluding diaryl/α,β-unsaturated/α-hetero) is 1. The van der Waals surface area contributed by atoms with Crippen LogP contribution in [0.1, 0.15) is 53.1 Å². The number of hydrogen-bond donors (Lipinski definition) is 0. The van der Waals surface area contributed by atoms with E-state index in [9.17, 15) is 19.2 Å². The molecule has 188 valence electrons. The van der Waals surface area contributed by atoms with Crippen molar-refractivity contribution in [3.05, 3.63) is 134 Å². The zero-order valence-corrected chi connectivity index (χ0v) is 21.6. The Balaban J connectivity index is 1.51. The first-order valence-electron chi connectivity index (χ1n) is 11.3. The minimum Gasteiger partial charge on any atom is -0.445 e. The Morgan fingerprint density at radius 2 is 1.26 bits per heavy atom. The summed E-state index contributed by atoms with van der Waals surface area (Å²) < 4.78 is 5.74. The molecule has 0 radical (unpaired) electrons. The van der Waals surface area contributed by atoms with Crippen molar-refractivity contribution in [2.24, 2.45) is 0 Å². The van der Waals surface area contributed by atoms with Crippen LogP contribution in [0, 0.1) is 0 Å². The lowest BCUT2D eigenvalue weighted by molar-refractivity contribution is 0.0281. The zero-order chi connectivity index (χ0) is 27.0. The summed E-state index contributed by atoms with van der Waals surface area (Å²) in [4.78, 5) is 54.2. The van der Waals surface area contributed by atoms with Crippen LogP contribution in [0.15, 0.2) is 91.0 Å². The van der Waals surface area contributed by atoms with E-state index in [0.29, 0.717) is 16.1 Å². The lowest BCUT2D eigenvalue weighted by Gasteiger charge is -2.21. The van der Waals surface area contributed by atoms with Crippen LogP contribution in [0.25, 0.3) is 0 Å². The van der Waals surface area contributed by atoms with Gasteiger partial charge < -0.3 is 4.74 Å². The number of rotatable bonds is 6. The average molecular weight is 565 g/mol. The third kappa shape index (κ3) is 4.70. The topological polar surface area (TPSA) is 80.8 Å². The van der Waals surface area contributed by atoms with E-state index >= 15 is 0 Å². The monoisotopic (exact) mass is 563 g/mol. The van der Waals surface area contributed by atoms with Crippen molar-refractivity contribution in [2.75, 3.05) is 4.90 Å². The van der Waals surface area contributed by atoms with Crippen molar-refractivity contribution in [3.63, 3.8) is 0 Å². The van der Waals surface area contributed by atoms with Crippen LogP contribution < -0.4 is 4.90 Å². The predicted octanol–water partition coefficient (Wildman–Crippen LogP) is 7.23. The van der Waals surface area contributed by atoms with Gasteiger partial charge in [-0.3, -0.25) is 14.4 Å². The van der Waals surface area contributed by atoms with Gasteiger partial charge in [0.25, 0.3) is 11.8 Å². The van der Waals surface area contributed by atoms with E-state index in [4.69, 9.17) is 39.5 Å². The highest BCUT2D eigenvalue weighted by atomic mass is 35.5. The molecule has 0 aromatic heterocycles. The molecule has 9 heteroatoms. The molecule has 5 rings (SSSR count). The minimum atomic E-state index is -1.29. The predicted molar refractivity (Wildman–Crippen MR) is 144 cm³/mol. The molecule has 1 aliphatic heterocycles. The van der Waals surface area contributed by atoms with Crippen LogP contribution in [0.4, 0.5) is 5.69 Å². The molecule has 0 fully saturated rings. The first-order chi connectivity index (χ1) is 18.3. The van der Waals surface area contributed by atoms with E-state index in [2.05, 4.69) is 0 Å². The van der Waals surface area contributed by atoms with Crippen molar-refractivity contribution in [2.45, 2.75) is 6.10 Å². The van der Waals surface area contributed by atoms with Gasteiger partial charge in [-0.2, -0.15) is 0 Å². The maximum atomic E-state index is 13.5. The molecular weight excluding hydrogens is 549 g/mol. The fourth-order valence-corrected chi connectivity index (χ4v) is 4.58. The summed E-state index contributed by atoms with van der Waals surface area (Å²) in [6.07, 6.45) is -1.29. The molecule has 1 heterocycles. The number of amides is 2. The van der Waals surface area contributed by atoms with Gasteiger partial charge in [-0.15, -0.1) is 0 Å². The van der Waals surface area contributed by atoms with Crippen LogP contribution in [0.5, 0.6) is 0 Å². The molecule has 38 heavy (non-hydrogen) atoms. The number of para-hydroxylation sites is 1. The Bertz CT molecular complexity index is 1560. The molecule has 0 N–H and O–H groups in total. The molecule has 0 spiro atoms. The summed E-state index contributed by atoms with van der Waals surface area (Å²) in [5.41, 5.74) is 0.785. The van der Waals surface area contributed by atoms with Gasteiger partial charge in [0, 0.05) is 16.1 Å². The smallest absolute Gasteiger partial charge is 0.341 e. The molecule has 0 unspecified atom stereocenters. The summed E-state index contributed by atoms with van der Waals surface area (Å²) >= 11 is 18.1. The van der Waals surface area contributed by atoms with Gasteiger partial charge in [0.05, 0.1) is 32.4 Å². The lowest BCUT2D eigenvalue weighted by Crippen LogP contribution is -2.31. The molecule has 4 aromatic carbocycles. The van der Waals surface area contributed by atoms with Gasteiger partial charge in [0.15, 0.2) is 6.10 Å². The first kappa shape index (κ1) is 25.7. The van der Waals surface area contributed by atoms with Crippen LogP contribution >= 0.6 is 34.8 Å². The second-order valence-corrected chi connectivity index (χ2v) is 9.59. The highest BCUT2D eigenvalue weighted by molar-refractivity contribution is 6.44. The number of ether oxygens (including phenoxy) is 1. The summed E-state index contributed by atoms with van der Waals surface area (Å²) in [5.74, 6) is -2.70. The largest absolute Gasteiger partial charge is 0.445 e. The Labute approximate surface area is 232 Å². The number of esters is 1. The highest BCUT2D eigenvalue weighted by Crippen LogP contribution is 2.36. The van der Waals surface area contributed by atoms with Crippen LogP contribution in [0.2, 0.25) is 15.1 Å². The third-order valence-electron chi connectivity index (χ3n) is 5.99. The average Bonchev–Trinajstić information content (AvgIpc) is 3.16. The van der Waals surface area contributed by atoms with Crippen molar-refractivity contribution in [1.82, 2.24) is 0 Å². The molecule has 6 nitrogen and oxygen atoms in total. The van der Waals surface area contributed by atoms with Crippen LogP contribution in [0.3, 0.4) is 0 Å². The number of imide groups is 1. The van der Waals surface area contributed by atoms with Crippen LogP contribution in [-0.2, 0) is 4.74 Å². The van der Waals surface area contributed by atoms with Gasteiger partial charge in [-0.1, -0.05) is 77.3 Å². The van der Waals surface area contributed by atoms with Gasteiger partial charge in [-0.05, 0) is 48.5 Å². The lowest BCUT2D eigenvalue weighted by atomic mass is 9.99. The number of ketones is 1. The van der Waals surface area contributed by atoms with E-state index in [1.54, 1.807) is 54.6 Å². The molecule has 0 saturated heterocycles. The van der Waals surface area contributed by atoms with E-state index in [0.717, 1.165) is 4.90 Å².